The van der Waals surface area contributed by atoms with Crippen LogP contribution in [0.1, 0.15) is 37.6 Å². The van der Waals surface area contributed by atoms with E-state index in [2.05, 4.69) is 51.4 Å². The van der Waals surface area contributed by atoms with Gasteiger partial charge in [0.2, 0.25) is 0 Å². The second-order valence-electron chi connectivity index (χ2n) is 5.41. The van der Waals surface area contributed by atoms with Crippen LogP contribution in [-0.2, 0) is 0 Å². The highest BCUT2D eigenvalue weighted by molar-refractivity contribution is 9.10. The summed E-state index contributed by atoms with van der Waals surface area (Å²) in [6, 6.07) is 2.79. The van der Waals surface area contributed by atoms with Gasteiger partial charge in [-0.3, -0.25) is 4.90 Å². The number of nitrogens with zero attached hydrogens (tertiary/aromatic N) is 1. The summed E-state index contributed by atoms with van der Waals surface area (Å²) in [5.74, 6) is 0.786. The number of halogens is 3. The van der Waals surface area contributed by atoms with E-state index >= 15 is 0 Å². The average molecular weight is 404 g/mol. The van der Waals surface area contributed by atoms with Crippen LogP contribution in [0.25, 0.3) is 0 Å². The van der Waals surface area contributed by atoms with Crippen molar-refractivity contribution in [1.29, 1.82) is 0 Å². The Kier molecular flexibility index (Phi) is 10.8. The van der Waals surface area contributed by atoms with Gasteiger partial charge in [-0.2, -0.15) is 0 Å². The van der Waals surface area contributed by atoms with E-state index in [1.165, 1.54) is 35.3 Å². The smallest absolute Gasteiger partial charge is 0.0454 e. The highest BCUT2D eigenvalue weighted by Gasteiger charge is 2.24. The fourth-order valence-electron chi connectivity index (χ4n) is 2.51. The molecule has 1 aliphatic heterocycles. The molecule has 2 heterocycles. The summed E-state index contributed by atoms with van der Waals surface area (Å²) in [6.07, 6.45) is 2.58. The molecular formula is C14H25BrCl2N2S. The van der Waals surface area contributed by atoms with E-state index in [1.807, 2.05) is 11.3 Å². The minimum atomic E-state index is 0. The van der Waals surface area contributed by atoms with Crippen molar-refractivity contribution < 1.29 is 0 Å². The van der Waals surface area contributed by atoms with Crippen molar-refractivity contribution >= 4 is 52.1 Å². The predicted molar refractivity (Wildman–Crippen MR) is 97.8 cm³/mol. The van der Waals surface area contributed by atoms with E-state index in [4.69, 9.17) is 0 Å². The predicted octanol–water partition coefficient (Wildman–Crippen LogP) is 4.74. The fourth-order valence-corrected chi connectivity index (χ4v) is 4.31. The van der Waals surface area contributed by atoms with Gasteiger partial charge in [-0.25, -0.2) is 0 Å². The maximum atomic E-state index is 3.71. The molecule has 6 heteroatoms. The molecule has 1 fully saturated rings. The Morgan fingerprint density at radius 2 is 1.90 bits per heavy atom. The Bertz CT molecular complexity index is 368. The Labute approximate surface area is 147 Å². The molecular weight excluding hydrogens is 379 g/mol. The van der Waals surface area contributed by atoms with Crippen molar-refractivity contribution in [3.63, 3.8) is 0 Å². The Hall–Kier alpha value is 0.680. The molecule has 0 amide bonds. The number of nitrogens with one attached hydrogen (secondary N) is 1. The topological polar surface area (TPSA) is 15.3 Å². The Balaban J connectivity index is 0.00000180. The third-order valence-corrected chi connectivity index (χ3v) is 5.53. The molecule has 2 rings (SSSR count). The van der Waals surface area contributed by atoms with Gasteiger partial charge in [-0.15, -0.1) is 36.2 Å². The lowest BCUT2D eigenvalue weighted by Gasteiger charge is -2.35. The largest absolute Gasteiger partial charge is 0.314 e. The van der Waals surface area contributed by atoms with Crippen molar-refractivity contribution in [2.45, 2.75) is 32.7 Å². The van der Waals surface area contributed by atoms with Crippen LogP contribution >= 0.6 is 52.1 Å². The number of hydrogen-bond donors (Lipinski definition) is 1. The average Bonchev–Trinajstić information content (AvgIpc) is 2.77. The molecule has 0 radical (unpaired) electrons. The van der Waals surface area contributed by atoms with Crippen LogP contribution in [0, 0.1) is 5.92 Å². The third kappa shape index (κ3) is 5.82. The van der Waals surface area contributed by atoms with E-state index in [0.717, 1.165) is 19.0 Å². The summed E-state index contributed by atoms with van der Waals surface area (Å²) in [7, 11) is 0. The zero-order valence-corrected chi connectivity index (χ0v) is 16.1. The van der Waals surface area contributed by atoms with Crippen LogP contribution in [-0.4, -0.2) is 31.1 Å². The number of thiophene rings is 1. The fraction of sp³-hybridized carbons (Fsp3) is 0.714. The van der Waals surface area contributed by atoms with E-state index in [0.29, 0.717) is 6.04 Å². The van der Waals surface area contributed by atoms with Crippen molar-refractivity contribution in [1.82, 2.24) is 10.2 Å². The molecule has 1 saturated heterocycles. The molecule has 2 nitrogen and oxygen atoms in total. The molecule has 118 valence electrons. The maximum Gasteiger partial charge on any atom is 0.0454 e. The van der Waals surface area contributed by atoms with E-state index in [1.54, 1.807) is 0 Å². The van der Waals surface area contributed by atoms with Gasteiger partial charge >= 0.3 is 0 Å². The van der Waals surface area contributed by atoms with Crippen molar-refractivity contribution in [3.8, 4) is 0 Å². The standard InChI is InChI=1S/C14H23BrN2S.2ClH/c1-11(2)3-4-13(14-12(15)5-10-18-14)17-8-6-16-7-9-17;;/h5,10-11,13,16H,3-4,6-9H2,1-2H3;2*1H/t13-;;/m0../s1. The van der Waals surface area contributed by atoms with Crippen molar-refractivity contribution in [3.05, 3.63) is 20.8 Å². The van der Waals surface area contributed by atoms with Gasteiger partial charge in [-0.05, 0) is 46.1 Å². The van der Waals surface area contributed by atoms with Gasteiger partial charge in [0.25, 0.3) is 0 Å². The molecule has 0 unspecified atom stereocenters. The van der Waals surface area contributed by atoms with Gasteiger partial charge in [0.1, 0.15) is 0 Å². The molecule has 0 aromatic carbocycles. The first-order valence-corrected chi connectivity index (χ1v) is 8.53. The van der Waals surface area contributed by atoms with Crippen molar-refractivity contribution in [2.75, 3.05) is 26.2 Å². The lowest BCUT2D eigenvalue weighted by Crippen LogP contribution is -2.45. The second kappa shape index (κ2) is 10.4. The van der Waals surface area contributed by atoms with Crippen LogP contribution in [0.5, 0.6) is 0 Å². The number of rotatable bonds is 5. The third-order valence-electron chi connectivity index (χ3n) is 3.56. The molecule has 0 spiro atoms. The van der Waals surface area contributed by atoms with Crippen LogP contribution in [0.3, 0.4) is 0 Å². The Morgan fingerprint density at radius 3 is 2.40 bits per heavy atom. The van der Waals surface area contributed by atoms with Gasteiger partial charge in [0, 0.05) is 41.6 Å². The van der Waals surface area contributed by atoms with Crippen LogP contribution in [0.4, 0.5) is 0 Å². The van der Waals surface area contributed by atoms with E-state index < -0.39 is 0 Å². The van der Waals surface area contributed by atoms with Gasteiger partial charge in [-0.1, -0.05) is 13.8 Å². The van der Waals surface area contributed by atoms with Gasteiger partial charge in [0.05, 0.1) is 0 Å². The van der Waals surface area contributed by atoms with Crippen LogP contribution < -0.4 is 5.32 Å². The summed E-state index contributed by atoms with van der Waals surface area (Å²) in [4.78, 5) is 4.16. The molecule has 1 aromatic rings. The zero-order chi connectivity index (χ0) is 13.0. The second-order valence-corrected chi connectivity index (χ2v) is 7.21. The molecule has 20 heavy (non-hydrogen) atoms. The quantitative estimate of drug-likeness (QED) is 0.763. The molecule has 1 N–H and O–H groups in total. The normalized spacial score (nSPS) is 17.4. The summed E-state index contributed by atoms with van der Waals surface area (Å²) < 4.78 is 1.29. The Morgan fingerprint density at radius 1 is 1.25 bits per heavy atom. The SMILES string of the molecule is CC(C)CC[C@@H](c1sccc1Br)N1CCNCC1.Cl.Cl. The van der Waals surface area contributed by atoms with Crippen LogP contribution in [0.2, 0.25) is 0 Å². The molecule has 1 aromatic heterocycles. The summed E-state index contributed by atoms with van der Waals surface area (Å²) in [5, 5.41) is 5.64. The monoisotopic (exact) mass is 402 g/mol. The first-order chi connectivity index (χ1) is 8.68. The zero-order valence-electron chi connectivity index (χ0n) is 12.1. The highest BCUT2D eigenvalue weighted by Crippen LogP contribution is 2.36. The lowest BCUT2D eigenvalue weighted by atomic mass is 10.0. The minimum Gasteiger partial charge on any atom is -0.314 e. The minimum absolute atomic E-state index is 0. The molecule has 0 bridgehead atoms. The molecule has 1 atom stereocenters. The summed E-state index contributed by atoms with van der Waals surface area (Å²) >= 11 is 5.60. The molecule has 1 aliphatic rings. The van der Waals surface area contributed by atoms with Crippen LogP contribution in [0.15, 0.2) is 15.9 Å². The van der Waals surface area contributed by atoms with Crippen molar-refractivity contribution in [2.24, 2.45) is 5.92 Å². The number of piperazine rings is 1. The van der Waals surface area contributed by atoms with E-state index in [-0.39, 0.29) is 24.8 Å². The molecule has 0 saturated carbocycles. The van der Waals surface area contributed by atoms with Gasteiger partial charge in [0.15, 0.2) is 0 Å². The molecule has 0 aliphatic carbocycles. The van der Waals surface area contributed by atoms with Gasteiger partial charge < -0.3 is 5.32 Å². The highest BCUT2D eigenvalue weighted by atomic mass is 79.9. The lowest BCUT2D eigenvalue weighted by molar-refractivity contribution is 0.162. The van der Waals surface area contributed by atoms with E-state index in [9.17, 15) is 0 Å². The number of hydrogen-bond acceptors (Lipinski definition) is 3. The first-order valence-electron chi connectivity index (χ1n) is 6.86. The summed E-state index contributed by atoms with van der Waals surface area (Å²) in [6.45, 7) is 9.24. The first kappa shape index (κ1) is 20.7. The summed E-state index contributed by atoms with van der Waals surface area (Å²) in [5.41, 5.74) is 0. The maximum absolute atomic E-state index is 3.71.